The highest BCUT2D eigenvalue weighted by molar-refractivity contribution is 6.28. The molecule has 6 nitrogen and oxygen atoms in total. The van der Waals surface area contributed by atoms with Crippen LogP contribution in [0.2, 0.25) is 5.22 Å². The number of likely N-dealkylation sites (tertiary alicyclic amines) is 2. The van der Waals surface area contributed by atoms with Gasteiger partial charge in [-0.3, -0.25) is 14.6 Å². The van der Waals surface area contributed by atoms with Crippen LogP contribution in [0.5, 0.6) is 0 Å². The maximum Gasteiger partial charge on any atom is 0.312 e. The molecule has 0 radical (unpaired) electrons. The zero-order valence-electron chi connectivity index (χ0n) is 11.7. The summed E-state index contributed by atoms with van der Waals surface area (Å²) < 4.78 is 5.35. The highest BCUT2D eigenvalue weighted by atomic mass is 35.5. The molecule has 2 aliphatic rings. The van der Waals surface area contributed by atoms with Crippen molar-refractivity contribution in [2.75, 3.05) is 39.3 Å². The minimum Gasteiger partial charge on any atom is -0.481 e. The lowest BCUT2D eigenvalue weighted by Crippen LogP contribution is -2.41. The van der Waals surface area contributed by atoms with Gasteiger partial charge in [-0.15, -0.1) is 0 Å². The molecule has 116 valence electrons. The number of fused-ring (bicyclic) bond motifs is 1. The molecule has 0 spiro atoms. The number of aliphatic carboxylic acids is 1. The number of nitrogens with zero attached hydrogens (tertiary/aromatic N) is 2. The Kier molecular flexibility index (Phi) is 3.96. The van der Waals surface area contributed by atoms with Crippen LogP contribution in [0.15, 0.2) is 16.5 Å². The van der Waals surface area contributed by atoms with Gasteiger partial charge in [-0.25, -0.2) is 0 Å². The molecule has 2 aliphatic heterocycles. The van der Waals surface area contributed by atoms with Crippen molar-refractivity contribution in [1.29, 1.82) is 0 Å². The van der Waals surface area contributed by atoms with Gasteiger partial charge in [-0.2, -0.15) is 0 Å². The quantitative estimate of drug-likeness (QED) is 0.835. The smallest absolute Gasteiger partial charge is 0.312 e. The van der Waals surface area contributed by atoms with E-state index < -0.39 is 11.4 Å². The van der Waals surface area contributed by atoms with Crippen LogP contribution >= 0.6 is 11.6 Å². The zero-order chi connectivity index (χ0) is 15.0. The van der Waals surface area contributed by atoms with Crippen molar-refractivity contribution < 1.29 is 19.4 Å². The molecule has 21 heavy (non-hydrogen) atoms. The van der Waals surface area contributed by atoms with Crippen LogP contribution in [0, 0.1) is 11.3 Å². The summed E-state index contributed by atoms with van der Waals surface area (Å²) >= 11 is 5.76. The van der Waals surface area contributed by atoms with E-state index in [9.17, 15) is 9.90 Å². The second kappa shape index (κ2) is 5.61. The van der Waals surface area contributed by atoms with Crippen LogP contribution in [0.3, 0.4) is 0 Å². The molecule has 7 heteroatoms. The number of hydrogen-bond acceptors (Lipinski definition) is 5. The van der Waals surface area contributed by atoms with Crippen LogP contribution in [-0.4, -0.2) is 65.3 Å². The fraction of sp³-hybridized carbons (Fsp3) is 0.643. The van der Waals surface area contributed by atoms with Crippen LogP contribution in [0.1, 0.15) is 5.76 Å². The Balaban J connectivity index is 1.70. The summed E-state index contributed by atoms with van der Waals surface area (Å²) in [5.74, 6) is 0.104. The standard InChI is InChI=1S/C14H19ClN2O4/c15-12-2-1-11(21-12)7-17-6-10-5-16(3-4-18)8-14(10,9-17)13(19)20/h1-2,10,18H,3-9H2,(H,19,20)/t10?,14-/m1/s1. The van der Waals surface area contributed by atoms with Crippen molar-refractivity contribution in [3.63, 3.8) is 0 Å². The number of aliphatic hydroxyl groups excluding tert-OH is 1. The molecular formula is C14H19ClN2O4. The first-order chi connectivity index (χ1) is 10.0. The van der Waals surface area contributed by atoms with Crippen molar-refractivity contribution in [1.82, 2.24) is 9.80 Å². The Morgan fingerprint density at radius 2 is 2.10 bits per heavy atom. The molecule has 2 N–H and O–H groups in total. The Labute approximate surface area is 127 Å². The third-order valence-corrected chi connectivity index (χ3v) is 4.80. The van der Waals surface area contributed by atoms with E-state index in [1.807, 2.05) is 11.0 Å². The van der Waals surface area contributed by atoms with E-state index in [4.69, 9.17) is 21.1 Å². The fourth-order valence-electron chi connectivity index (χ4n) is 3.67. The van der Waals surface area contributed by atoms with Gasteiger partial charge in [0.1, 0.15) is 5.76 Å². The van der Waals surface area contributed by atoms with E-state index in [2.05, 4.69) is 4.90 Å². The molecule has 0 amide bonds. The second-order valence-corrected chi connectivity index (χ2v) is 6.36. The Morgan fingerprint density at radius 3 is 2.67 bits per heavy atom. The Hall–Kier alpha value is -1.08. The number of hydrogen-bond donors (Lipinski definition) is 2. The van der Waals surface area contributed by atoms with E-state index in [1.54, 1.807) is 6.07 Å². The third kappa shape index (κ3) is 2.68. The average Bonchev–Trinajstić information content (AvgIpc) is 3.03. The molecule has 1 unspecified atom stereocenters. The summed E-state index contributed by atoms with van der Waals surface area (Å²) in [6, 6.07) is 3.52. The van der Waals surface area contributed by atoms with E-state index in [0.717, 1.165) is 18.8 Å². The fourth-order valence-corrected chi connectivity index (χ4v) is 3.83. The normalized spacial score (nSPS) is 29.9. The van der Waals surface area contributed by atoms with Gasteiger partial charge in [-0.1, -0.05) is 0 Å². The molecule has 3 heterocycles. The van der Waals surface area contributed by atoms with Crippen molar-refractivity contribution >= 4 is 17.6 Å². The van der Waals surface area contributed by atoms with Crippen molar-refractivity contribution in [3.8, 4) is 0 Å². The van der Waals surface area contributed by atoms with Gasteiger partial charge in [0.15, 0.2) is 5.22 Å². The molecule has 1 aromatic rings. The average molecular weight is 315 g/mol. The number of aliphatic hydroxyl groups is 1. The summed E-state index contributed by atoms with van der Waals surface area (Å²) in [6.07, 6.45) is 0. The van der Waals surface area contributed by atoms with Gasteiger partial charge in [-0.05, 0) is 23.7 Å². The van der Waals surface area contributed by atoms with Crippen molar-refractivity contribution in [2.24, 2.45) is 11.3 Å². The lowest BCUT2D eigenvalue weighted by molar-refractivity contribution is -0.149. The van der Waals surface area contributed by atoms with E-state index in [0.29, 0.717) is 31.4 Å². The van der Waals surface area contributed by atoms with Crippen molar-refractivity contribution in [2.45, 2.75) is 6.54 Å². The maximum absolute atomic E-state index is 11.8. The van der Waals surface area contributed by atoms with Crippen LogP contribution in [0.4, 0.5) is 0 Å². The number of rotatable bonds is 5. The minimum absolute atomic E-state index is 0.0665. The minimum atomic E-state index is -0.743. The molecule has 0 aromatic carbocycles. The van der Waals surface area contributed by atoms with Gasteiger partial charge in [0.25, 0.3) is 0 Å². The first kappa shape index (κ1) is 14.8. The third-order valence-electron chi connectivity index (χ3n) is 4.60. The zero-order valence-corrected chi connectivity index (χ0v) is 12.4. The van der Waals surface area contributed by atoms with Crippen molar-refractivity contribution in [3.05, 3.63) is 23.1 Å². The lowest BCUT2D eigenvalue weighted by atomic mass is 9.81. The highest BCUT2D eigenvalue weighted by Crippen LogP contribution is 2.43. The summed E-state index contributed by atoms with van der Waals surface area (Å²) in [5.41, 5.74) is -0.731. The number of β-amino-alcohol motifs (C(OH)–C–C–N with tert-alkyl or cyclic N) is 1. The summed E-state index contributed by atoms with van der Waals surface area (Å²) in [5, 5.41) is 19.1. The van der Waals surface area contributed by atoms with Gasteiger partial charge < -0.3 is 14.6 Å². The molecule has 2 fully saturated rings. The molecule has 2 atom stereocenters. The number of carbonyl (C=O) groups is 1. The predicted molar refractivity (Wildman–Crippen MR) is 76.1 cm³/mol. The molecule has 0 bridgehead atoms. The first-order valence-corrected chi connectivity index (χ1v) is 7.44. The van der Waals surface area contributed by atoms with Gasteiger partial charge >= 0.3 is 5.97 Å². The summed E-state index contributed by atoms with van der Waals surface area (Å²) in [7, 11) is 0. The van der Waals surface area contributed by atoms with Crippen LogP contribution in [0.25, 0.3) is 0 Å². The number of carboxylic acid groups (broad SMARTS) is 1. The highest BCUT2D eigenvalue weighted by Gasteiger charge is 2.57. The van der Waals surface area contributed by atoms with E-state index in [1.165, 1.54) is 0 Å². The Morgan fingerprint density at radius 1 is 1.38 bits per heavy atom. The molecule has 3 rings (SSSR count). The summed E-state index contributed by atoms with van der Waals surface area (Å²) in [4.78, 5) is 16.0. The summed E-state index contributed by atoms with van der Waals surface area (Å²) in [6.45, 7) is 3.65. The Bertz CT molecular complexity index is 535. The topological polar surface area (TPSA) is 77.1 Å². The molecule has 1 aromatic heterocycles. The van der Waals surface area contributed by atoms with Gasteiger partial charge in [0, 0.05) is 38.6 Å². The number of carboxylic acids is 1. The molecule has 2 saturated heterocycles. The molecule has 0 aliphatic carbocycles. The van der Waals surface area contributed by atoms with Crippen LogP contribution in [-0.2, 0) is 11.3 Å². The lowest BCUT2D eigenvalue weighted by Gasteiger charge is -2.24. The van der Waals surface area contributed by atoms with Gasteiger partial charge in [0.2, 0.25) is 0 Å². The molecule has 0 saturated carbocycles. The van der Waals surface area contributed by atoms with Gasteiger partial charge in [0.05, 0.1) is 18.6 Å². The van der Waals surface area contributed by atoms with E-state index in [-0.39, 0.29) is 12.5 Å². The maximum atomic E-state index is 11.8. The monoisotopic (exact) mass is 314 g/mol. The largest absolute Gasteiger partial charge is 0.481 e. The number of halogens is 1. The predicted octanol–water partition coefficient (Wildman–Crippen LogP) is 0.744. The van der Waals surface area contributed by atoms with E-state index >= 15 is 0 Å². The van der Waals surface area contributed by atoms with Crippen LogP contribution < -0.4 is 0 Å². The number of furan rings is 1. The SMILES string of the molecule is O=C(O)[C@@]12CN(CCO)CC1CN(Cc1ccc(Cl)o1)C2. The first-order valence-electron chi connectivity index (χ1n) is 7.07. The second-order valence-electron chi connectivity index (χ2n) is 5.99. The molecular weight excluding hydrogens is 296 g/mol.